The highest BCUT2D eigenvalue weighted by Crippen LogP contribution is 2.61. The van der Waals surface area contributed by atoms with Crippen molar-refractivity contribution in [3.05, 3.63) is 23.8 Å². The Hall–Kier alpha value is -1.73. The van der Waals surface area contributed by atoms with E-state index >= 15 is 0 Å². The summed E-state index contributed by atoms with van der Waals surface area (Å²) in [7, 11) is 3.14. The lowest BCUT2D eigenvalue weighted by Crippen LogP contribution is -2.33. The fourth-order valence-electron chi connectivity index (χ4n) is 4.31. The van der Waals surface area contributed by atoms with Crippen molar-refractivity contribution in [1.29, 1.82) is 5.26 Å². The number of nitriles is 1. The minimum absolute atomic E-state index is 0.290. The molecule has 112 valence electrons. The summed E-state index contributed by atoms with van der Waals surface area (Å²) in [5.74, 6) is 1.99. The molecule has 1 N–H and O–H groups in total. The number of fused-ring (bicyclic) bond motifs is 2. The largest absolute Gasteiger partial charge is 0.493 e. The Morgan fingerprint density at radius 2 is 2.14 bits per heavy atom. The Morgan fingerprint density at radius 1 is 1.33 bits per heavy atom. The normalized spacial score (nSPS) is 31.7. The van der Waals surface area contributed by atoms with Crippen molar-refractivity contribution in [1.82, 2.24) is 0 Å². The fourth-order valence-corrected chi connectivity index (χ4v) is 4.31. The Morgan fingerprint density at radius 3 is 2.67 bits per heavy atom. The third-order valence-electron chi connectivity index (χ3n) is 5.32. The molecule has 0 heterocycles. The Balaban J connectivity index is 2.02. The molecule has 1 aromatic carbocycles. The molecular formula is C17H21NO3. The summed E-state index contributed by atoms with van der Waals surface area (Å²) in [4.78, 5) is 0. The number of aliphatic hydroxyl groups is 1. The number of hydrogen-bond acceptors (Lipinski definition) is 4. The van der Waals surface area contributed by atoms with Gasteiger partial charge in [-0.15, -0.1) is 0 Å². The molecule has 2 aliphatic carbocycles. The summed E-state index contributed by atoms with van der Waals surface area (Å²) in [5, 5.41) is 20.7. The molecule has 21 heavy (non-hydrogen) atoms. The van der Waals surface area contributed by atoms with Crippen LogP contribution < -0.4 is 9.47 Å². The van der Waals surface area contributed by atoms with Gasteiger partial charge in [-0.3, -0.25) is 0 Å². The fraction of sp³-hybridized carbons (Fsp3) is 0.588. The molecule has 4 atom stereocenters. The van der Waals surface area contributed by atoms with Gasteiger partial charge in [0, 0.05) is 5.56 Å². The van der Waals surface area contributed by atoms with Crippen LogP contribution in [0.2, 0.25) is 0 Å². The Bertz CT molecular complexity index is 580. The zero-order valence-electron chi connectivity index (χ0n) is 12.5. The van der Waals surface area contributed by atoms with Gasteiger partial charge in [-0.2, -0.15) is 5.26 Å². The maximum absolute atomic E-state index is 11.0. The molecule has 2 aliphatic rings. The molecule has 2 saturated carbocycles. The van der Waals surface area contributed by atoms with Gasteiger partial charge in [-0.1, -0.05) is 18.6 Å². The van der Waals surface area contributed by atoms with E-state index in [-0.39, 0.29) is 0 Å². The predicted octanol–water partition coefficient (Wildman–Crippen LogP) is 3.07. The van der Waals surface area contributed by atoms with Crippen LogP contribution in [0, 0.1) is 28.6 Å². The molecule has 0 aliphatic heterocycles. The van der Waals surface area contributed by atoms with Gasteiger partial charge in [0.2, 0.25) is 0 Å². The number of benzene rings is 1. The van der Waals surface area contributed by atoms with Gasteiger partial charge >= 0.3 is 0 Å². The highest BCUT2D eigenvalue weighted by Gasteiger charge is 2.56. The second kappa shape index (κ2) is 5.23. The van der Waals surface area contributed by atoms with Crippen LogP contribution >= 0.6 is 0 Å². The van der Waals surface area contributed by atoms with Crippen LogP contribution in [0.3, 0.4) is 0 Å². The molecule has 2 fully saturated rings. The van der Waals surface area contributed by atoms with Gasteiger partial charge in [-0.05, 0) is 37.2 Å². The molecule has 0 amide bonds. The molecule has 2 bridgehead atoms. The first kappa shape index (κ1) is 14.2. The average molecular weight is 287 g/mol. The van der Waals surface area contributed by atoms with Crippen LogP contribution in [0.25, 0.3) is 0 Å². The van der Waals surface area contributed by atoms with Crippen molar-refractivity contribution in [2.75, 3.05) is 14.2 Å². The van der Waals surface area contributed by atoms with Gasteiger partial charge in [0.05, 0.1) is 25.7 Å². The lowest BCUT2D eigenvalue weighted by Gasteiger charge is -2.36. The molecule has 0 saturated heterocycles. The van der Waals surface area contributed by atoms with Crippen LogP contribution in [-0.2, 0) is 0 Å². The number of para-hydroxylation sites is 1. The lowest BCUT2D eigenvalue weighted by atomic mass is 9.68. The Kier molecular flexibility index (Phi) is 3.54. The number of nitrogens with zero attached hydrogens (tertiary/aromatic N) is 1. The highest BCUT2D eigenvalue weighted by molar-refractivity contribution is 5.49. The molecule has 0 aromatic heterocycles. The van der Waals surface area contributed by atoms with E-state index in [0.717, 1.165) is 19.3 Å². The summed E-state index contributed by atoms with van der Waals surface area (Å²) < 4.78 is 10.7. The Labute approximate surface area is 125 Å². The second-order valence-corrected chi connectivity index (χ2v) is 6.22. The van der Waals surface area contributed by atoms with Crippen LogP contribution in [0.4, 0.5) is 0 Å². The molecule has 0 radical (unpaired) electrons. The van der Waals surface area contributed by atoms with Crippen molar-refractivity contribution in [3.63, 3.8) is 0 Å². The maximum Gasteiger partial charge on any atom is 0.166 e. The van der Waals surface area contributed by atoms with Gasteiger partial charge in [-0.25, -0.2) is 0 Å². The summed E-state index contributed by atoms with van der Waals surface area (Å²) >= 11 is 0. The molecular weight excluding hydrogens is 266 g/mol. The van der Waals surface area contributed by atoms with E-state index in [1.807, 2.05) is 12.1 Å². The quantitative estimate of drug-likeness (QED) is 0.924. The van der Waals surface area contributed by atoms with Crippen LogP contribution in [0.5, 0.6) is 11.5 Å². The van der Waals surface area contributed by atoms with Crippen molar-refractivity contribution in [2.24, 2.45) is 17.3 Å². The molecule has 3 rings (SSSR count). The third kappa shape index (κ3) is 1.99. The molecule has 4 heteroatoms. The van der Waals surface area contributed by atoms with Gasteiger partial charge in [0.1, 0.15) is 6.10 Å². The van der Waals surface area contributed by atoms with Crippen LogP contribution in [-0.4, -0.2) is 19.3 Å². The first-order chi connectivity index (χ1) is 10.2. The molecule has 4 unspecified atom stereocenters. The van der Waals surface area contributed by atoms with Gasteiger partial charge in [0.15, 0.2) is 11.5 Å². The summed E-state index contributed by atoms with van der Waals surface area (Å²) in [6, 6.07) is 7.91. The van der Waals surface area contributed by atoms with E-state index in [1.54, 1.807) is 20.3 Å². The lowest BCUT2D eigenvalue weighted by molar-refractivity contribution is 0.0215. The van der Waals surface area contributed by atoms with Crippen molar-refractivity contribution < 1.29 is 14.6 Å². The first-order valence-corrected chi connectivity index (χ1v) is 7.46. The molecule has 1 aromatic rings. The van der Waals surface area contributed by atoms with E-state index < -0.39 is 11.5 Å². The topological polar surface area (TPSA) is 62.5 Å². The monoisotopic (exact) mass is 287 g/mol. The summed E-state index contributed by atoms with van der Waals surface area (Å²) in [5.41, 5.74) is -0.0197. The SMILES string of the molecule is COc1cccc(C(O)C2(C#N)CC3CCC2C3)c1OC. The number of aliphatic hydroxyl groups excluding tert-OH is 1. The zero-order valence-corrected chi connectivity index (χ0v) is 12.5. The molecule has 0 spiro atoms. The standard InChI is InChI=1S/C17H21NO3/c1-20-14-5-3-4-13(15(14)21-2)16(19)17(10-18)9-11-6-7-12(17)8-11/h3-5,11-12,16,19H,6-9H2,1-2H3. The number of ether oxygens (including phenoxy) is 2. The van der Waals surface area contributed by atoms with Crippen molar-refractivity contribution in [3.8, 4) is 17.6 Å². The average Bonchev–Trinajstić information content (AvgIpc) is 3.14. The van der Waals surface area contributed by atoms with E-state index in [2.05, 4.69) is 6.07 Å². The van der Waals surface area contributed by atoms with E-state index in [1.165, 1.54) is 6.42 Å². The number of methoxy groups -OCH3 is 2. The van der Waals surface area contributed by atoms with E-state index in [9.17, 15) is 10.4 Å². The highest BCUT2D eigenvalue weighted by atomic mass is 16.5. The second-order valence-electron chi connectivity index (χ2n) is 6.22. The van der Waals surface area contributed by atoms with Crippen molar-refractivity contribution >= 4 is 0 Å². The summed E-state index contributed by atoms with van der Waals surface area (Å²) in [6.07, 6.45) is 3.26. The summed E-state index contributed by atoms with van der Waals surface area (Å²) in [6.45, 7) is 0. The van der Waals surface area contributed by atoms with Crippen LogP contribution in [0.1, 0.15) is 37.4 Å². The minimum Gasteiger partial charge on any atom is -0.493 e. The first-order valence-electron chi connectivity index (χ1n) is 7.46. The van der Waals surface area contributed by atoms with Gasteiger partial charge < -0.3 is 14.6 Å². The molecule has 4 nitrogen and oxygen atoms in total. The third-order valence-corrected chi connectivity index (χ3v) is 5.32. The maximum atomic E-state index is 11.0. The predicted molar refractivity (Wildman–Crippen MR) is 78.0 cm³/mol. The number of rotatable bonds is 4. The minimum atomic E-state index is -0.831. The zero-order chi connectivity index (χ0) is 15.0. The van der Waals surface area contributed by atoms with E-state index in [0.29, 0.717) is 28.9 Å². The number of hydrogen-bond donors (Lipinski definition) is 1. The van der Waals surface area contributed by atoms with Crippen molar-refractivity contribution in [2.45, 2.75) is 31.8 Å². The van der Waals surface area contributed by atoms with E-state index in [4.69, 9.17) is 9.47 Å². The van der Waals surface area contributed by atoms with Crippen LogP contribution in [0.15, 0.2) is 18.2 Å². The van der Waals surface area contributed by atoms with Gasteiger partial charge in [0.25, 0.3) is 0 Å². The smallest absolute Gasteiger partial charge is 0.166 e.